The minimum atomic E-state index is -1.14. The van der Waals surface area contributed by atoms with Crippen LogP contribution >= 0.6 is 0 Å². The molecule has 0 bridgehead atoms. The number of anilines is 1. The van der Waals surface area contributed by atoms with Crippen LogP contribution in [0.1, 0.15) is 38.0 Å². The average molecular weight is 396 g/mol. The molecule has 0 aliphatic carbocycles. The van der Waals surface area contributed by atoms with Crippen LogP contribution < -0.4 is 5.32 Å². The van der Waals surface area contributed by atoms with Crippen LogP contribution in [0, 0.1) is 5.82 Å². The van der Waals surface area contributed by atoms with Crippen LogP contribution in [-0.4, -0.2) is 41.2 Å². The molecule has 0 spiro atoms. The summed E-state index contributed by atoms with van der Waals surface area (Å²) in [6.45, 7) is 4.95. The van der Waals surface area contributed by atoms with Crippen LogP contribution in [0.25, 0.3) is 0 Å². The van der Waals surface area contributed by atoms with Gasteiger partial charge in [-0.3, -0.25) is 19.3 Å². The van der Waals surface area contributed by atoms with Gasteiger partial charge in [0, 0.05) is 12.2 Å². The molecule has 0 aromatic heterocycles. The van der Waals surface area contributed by atoms with E-state index in [1.165, 1.54) is 55.5 Å². The van der Waals surface area contributed by atoms with Crippen molar-refractivity contribution in [3.63, 3.8) is 0 Å². The van der Waals surface area contributed by atoms with Crippen molar-refractivity contribution in [2.75, 3.05) is 11.9 Å². The van der Waals surface area contributed by atoms with Crippen LogP contribution in [0.3, 0.4) is 0 Å². The molecule has 0 fully saturated rings. The van der Waals surface area contributed by atoms with Gasteiger partial charge < -0.3 is 10.1 Å². The molecule has 2 aromatic rings. The summed E-state index contributed by atoms with van der Waals surface area (Å²) in [7, 11) is 0. The van der Waals surface area contributed by atoms with Gasteiger partial charge in [0.1, 0.15) is 5.82 Å². The summed E-state index contributed by atoms with van der Waals surface area (Å²) in [6, 6.07) is 9.12. The second-order valence-electron chi connectivity index (χ2n) is 6.31. The maximum Gasteiger partial charge on any atom is 0.338 e. The standard InChI is InChI=1S/C21H17FN2O5/c1-3-10-24-19(26)16-9-4-13(11-17(16)20(24)27)21(28)29-12(2)18(25)23-15-7-5-14(22)6-8-15/h3-9,11-12H,1,10H2,2H3,(H,23,25). The number of ether oxygens (including phenoxy) is 1. The van der Waals surface area contributed by atoms with Crippen LogP contribution in [0.2, 0.25) is 0 Å². The number of rotatable bonds is 6. The van der Waals surface area contributed by atoms with E-state index < -0.39 is 35.6 Å². The van der Waals surface area contributed by atoms with Gasteiger partial charge >= 0.3 is 5.97 Å². The van der Waals surface area contributed by atoms with Crippen LogP contribution in [-0.2, 0) is 9.53 Å². The minimum absolute atomic E-state index is 0.0341. The Kier molecular flexibility index (Phi) is 5.54. The number of hydrogen-bond donors (Lipinski definition) is 1. The predicted molar refractivity (Wildman–Crippen MR) is 102 cm³/mol. The quantitative estimate of drug-likeness (QED) is 0.460. The van der Waals surface area contributed by atoms with Gasteiger partial charge in [0.15, 0.2) is 6.10 Å². The minimum Gasteiger partial charge on any atom is -0.449 e. The third-order valence-electron chi connectivity index (χ3n) is 4.28. The lowest BCUT2D eigenvalue weighted by Gasteiger charge is -2.14. The van der Waals surface area contributed by atoms with Gasteiger partial charge in [0.2, 0.25) is 0 Å². The molecular formula is C21H17FN2O5. The number of carbonyl (C=O) groups excluding carboxylic acids is 4. The Bertz CT molecular complexity index is 1020. The summed E-state index contributed by atoms with van der Waals surface area (Å²) < 4.78 is 18.1. The van der Waals surface area contributed by atoms with Crippen molar-refractivity contribution in [3.05, 3.63) is 77.6 Å². The number of hydrogen-bond acceptors (Lipinski definition) is 5. The van der Waals surface area contributed by atoms with Gasteiger partial charge in [-0.25, -0.2) is 9.18 Å². The molecule has 3 amide bonds. The van der Waals surface area contributed by atoms with Crippen molar-refractivity contribution in [3.8, 4) is 0 Å². The van der Waals surface area contributed by atoms with Crippen molar-refractivity contribution in [1.82, 2.24) is 4.90 Å². The molecule has 1 aliphatic rings. The van der Waals surface area contributed by atoms with Gasteiger partial charge in [-0.05, 0) is 49.4 Å². The first-order valence-electron chi connectivity index (χ1n) is 8.70. The topological polar surface area (TPSA) is 92.8 Å². The lowest BCUT2D eigenvalue weighted by atomic mass is 10.1. The zero-order chi connectivity index (χ0) is 21.1. The maximum atomic E-state index is 12.9. The first-order valence-corrected chi connectivity index (χ1v) is 8.70. The number of fused-ring (bicyclic) bond motifs is 1. The van der Waals surface area contributed by atoms with Crippen molar-refractivity contribution < 1.29 is 28.3 Å². The van der Waals surface area contributed by atoms with E-state index >= 15 is 0 Å². The molecule has 29 heavy (non-hydrogen) atoms. The van der Waals surface area contributed by atoms with Crippen LogP contribution in [0.15, 0.2) is 55.1 Å². The number of carbonyl (C=O) groups is 4. The lowest BCUT2D eigenvalue weighted by Crippen LogP contribution is -2.30. The zero-order valence-corrected chi connectivity index (χ0v) is 15.5. The van der Waals surface area contributed by atoms with E-state index in [0.29, 0.717) is 5.69 Å². The smallest absolute Gasteiger partial charge is 0.338 e. The normalized spacial score (nSPS) is 13.7. The SMILES string of the molecule is C=CCN1C(=O)c2ccc(C(=O)OC(C)C(=O)Nc3ccc(F)cc3)cc2C1=O. The molecule has 1 atom stereocenters. The monoisotopic (exact) mass is 396 g/mol. The van der Waals surface area contributed by atoms with Crippen molar-refractivity contribution >= 4 is 29.4 Å². The molecular weight excluding hydrogens is 379 g/mol. The summed E-state index contributed by atoms with van der Waals surface area (Å²) in [5.74, 6) is -2.86. The van der Waals surface area contributed by atoms with Gasteiger partial charge in [0.05, 0.1) is 16.7 Å². The largest absolute Gasteiger partial charge is 0.449 e. The number of esters is 1. The maximum absolute atomic E-state index is 12.9. The molecule has 0 saturated heterocycles. The summed E-state index contributed by atoms with van der Waals surface area (Å²) >= 11 is 0. The molecule has 148 valence electrons. The number of nitrogens with zero attached hydrogens (tertiary/aromatic N) is 1. The van der Waals surface area contributed by atoms with Gasteiger partial charge in [-0.2, -0.15) is 0 Å². The second-order valence-corrected chi connectivity index (χ2v) is 6.31. The second kappa shape index (κ2) is 8.05. The highest BCUT2D eigenvalue weighted by Crippen LogP contribution is 2.24. The Labute approximate surface area is 165 Å². The number of imide groups is 1. The molecule has 3 rings (SSSR count). The van der Waals surface area contributed by atoms with Gasteiger partial charge in [-0.15, -0.1) is 6.58 Å². The number of benzene rings is 2. The average Bonchev–Trinajstić information content (AvgIpc) is 2.94. The number of halogens is 1. The Morgan fingerprint density at radius 2 is 1.79 bits per heavy atom. The molecule has 0 saturated carbocycles. The zero-order valence-electron chi connectivity index (χ0n) is 15.5. The Hall–Kier alpha value is -3.81. The molecule has 7 nitrogen and oxygen atoms in total. The first-order chi connectivity index (χ1) is 13.8. The highest BCUT2D eigenvalue weighted by Gasteiger charge is 2.35. The van der Waals surface area contributed by atoms with E-state index in [1.54, 1.807) is 0 Å². The molecule has 0 radical (unpaired) electrons. The number of nitrogens with one attached hydrogen (secondary N) is 1. The van der Waals surface area contributed by atoms with Gasteiger partial charge in [0.25, 0.3) is 17.7 Å². The Morgan fingerprint density at radius 1 is 1.14 bits per heavy atom. The van der Waals surface area contributed by atoms with E-state index in [0.717, 1.165) is 4.90 Å². The highest BCUT2D eigenvalue weighted by atomic mass is 19.1. The fourth-order valence-corrected chi connectivity index (χ4v) is 2.77. The predicted octanol–water partition coefficient (Wildman–Crippen LogP) is 2.79. The third-order valence-corrected chi connectivity index (χ3v) is 4.28. The third kappa shape index (κ3) is 4.06. The first kappa shape index (κ1) is 19.9. The molecule has 2 aromatic carbocycles. The summed E-state index contributed by atoms with van der Waals surface area (Å²) in [4.78, 5) is 50.1. The van der Waals surface area contributed by atoms with Crippen molar-refractivity contribution in [1.29, 1.82) is 0 Å². The van der Waals surface area contributed by atoms with Gasteiger partial charge in [-0.1, -0.05) is 6.08 Å². The molecule has 1 N–H and O–H groups in total. The fraction of sp³-hybridized carbons (Fsp3) is 0.143. The molecule has 1 aliphatic heterocycles. The summed E-state index contributed by atoms with van der Waals surface area (Å²) in [6.07, 6.45) is 0.286. The van der Waals surface area contributed by atoms with E-state index in [9.17, 15) is 23.6 Å². The summed E-state index contributed by atoms with van der Waals surface area (Å²) in [5, 5.41) is 2.50. The fourth-order valence-electron chi connectivity index (χ4n) is 2.77. The van der Waals surface area contributed by atoms with Crippen molar-refractivity contribution in [2.45, 2.75) is 13.0 Å². The highest BCUT2D eigenvalue weighted by molar-refractivity contribution is 6.22. The van der Waals surface area contributed by atoms with Crippen LogP contribution in [0.4, 0.5) is 10.1 Å². The van der Waals surface area contributed by atoms with Crippen LogP contribution in [0.5, 0.6) is 0 Å². The molecule has 8 heteroatoms. The van der Waals surface area contributed by atoms with E-state index in [2.05, 4.69) is 11.9 Å². The van der Waals surface area contributed by atoms with Crippen molar-refractivity contribution in [2.24, 2.45) is 0 Å². The summed E-state index contributed by atoms with van der Waals surface area (Å²) in [5.41, 5.74) is 0.667. The van der Waals surface area contributed by atoms with E-state index in [-0.39, 0.29) is 23.2 Å². The van der Waals surface area contributed by atoms with E-state index in [1.807, 2.05) is 0 Å². The Morgan fingerprint density at radius 3 is 2.45 bits per heavy atom. The molecule has 1 unspecified atom stereocenters. The Balaban J connectivity index is 1.69. The number of amides is 3. The molecule has 1 heterocycles. The van der Waals surface area contributed by atoms with E-state index in [4.69, 9.17) is 4.74 Å². The lowest BCUT2D eigenvalue weighted by molar-refractivity contribution is -0.123.